The summed E-state index contributed by atoms with van der Waals surface area (Å²) in [6, 6.07) is 8.26. The Morgan fingerprint density at radius 3 is 2.56 bits per heavy atom. The van der Waals surface area contributed by atoms with Crippen molar-refractivity contribution in [3.05, 3.63) is 41.5 Å². The molecule has 0 atom stereocenters. The molecule has 0 aliphatic carbocycles. The number of benzene rings is 1. The fourth-order valence-electron chi connectivity index (χ4n) is 1.68. The number of carbonyl (C=O) groups excluding carboxylic acids is 1. The maximum atomic E-state index is 11.2. The van der Waals surface area contributed by atoms with Crippen molar-refractivity contribution in [1.82, 2.24) is 0 Å². The maximum Gasteiger partial charge on any atom is 0.309 e. The summed E-state index contributed by atoms with van der Waals surface area (Å²) in [4.78, 5) is 11.2. The second-order valence-corrected chi connectivity index (χ2v) is 4.13. The van der Waals surface area contributed by atoms with Gasteiger partial charge in [-0.15, -0.1) is 0 Å². The van der Waals surface area contributed by atoms with Crippen molar-refractivity contribution in [3.63, 3.8) is 0 Å². The van der Waals surface area contributed by atoms with Crippen LogP contribution in [0, 0.1) is 0 Å². The lowest BCUT2D eigenvalue weighted by Crippen LogP contribution is -2.02. The van der Waals surface area contributed by atoms with Crippen LogP contribution in [0.1, 0.15) is 31.4 Å². The lowest BCUT2D eigenvalue weighted by Gasteiger charge is -2.04. The Kier molecular flexibility index (Phi) is 6.15. The normalized spacial score (nSPS) is 11.4. The van der Waals surface area contributed by atoms with Crippen LogP contribution in [-0.2, 0) is 16.0 Å². The van der Waals surface area contributed by atoms with E-state index in [2.05, 4.69) is 24.3 Å². The van der Waals surface area contributed by atoms with Crippen molar-refractivity contribution in [1.29, 1.82) is 0 Å². The highest BCUT2D eigenvalue weighted by atomic mass is 16.5. The minimum atomic E-state index is -0.184. The van der Waals surface area contributed by atoms with Gasteiger partial charge < -0.3 is 10.5 Å². The first-order valence-corrected chi connectivity index (χ1v) is 6.29. The van der Waals surface area contributed by atoms with E-state index in [1.807, 2.05) is 19.9 Å². The summed E-state index contributed by atoms with van der Waals surface area (Å²) in [6.45, 7) is 4.90. The molecule has 0 saturated heterocycles. The Labute approximate surface area is 109 Å². The molecule has 0 radical (unpaired) electrons. The van der Waals surface area contributed by atoms with Crippen molar-refractivity contribution >= 4 is 11.5 Å². The summed E-state index contributed by atoms with van der Waals surface area (Å²) < 4.78 is 4.88. The molecular weight excluding hydrogens is 226 g/mol. The zero-order valence-electron chi connectivity index (χ0n) is 11.1. The van der Waals surface area contributed by atoms with E-state index < -0.39 is 0 Å². The first-order chi connectivity index (χ1) is 8.67. The third-order valence-corrected chi connectivity index (χ3v) is 2.72. The van der Waals surface area contributed by atoms with Crippen molar-refractivity contribution in [2.24, 2.45) is 5.73 Å². The summed E-state index contributed by atoms with van der Waals surface area (Å²) in [5.41, 5.74) is 8.95. The SMILES string of the molecule is CCOC(=O)C/C=C(/C)c1ccc(CCN)cc1. The highest BCUT2D eigenvalue weighted by molar-refractivity contribution is 5.75. The fourth-order valence-corrected chi connectivity index (χ4v) is 1.68. The molecule has 0 heterocycles. The van der Waals surface area contributed by atoms with Crippen LogP contribution >= 0.6 is 0 Å². The Hall–Kier alpha value is -1.61. The highest BCUT2D eigenvalue weighted by Crippen LogP contribution is 2.15. The maximum absolute atomic E-state index is 11.2. The summed E-state index contributed by atoms with van der Waals surface area (Å²) in [6.07, 6.45) is 3.12. The Morgan fingerprint density at radius 2 is 2.00 bits per heavy atom. The molecule has 1 aromatic carbocycles. The second-order valence-electron chi connectivity index (χ2n) is 4.13. The number of ether oxygens (including phenoxy) is 1. The number of rotatable bonds is 6. The third kappa shape index (κ3) is 4.72. The summed E-state index contributed by atoms with van der Waals surface area (Å²) >= 11 is 0. The Balaban J connectivity index is 2.62. The van der Waals surface area contributed by atoms with Crippen molar-refractivity contribution < 1.29 is 9.53 Å². The first-order valence-electron chi connectivity index (χ1n) is 6.29. The molecule has 0 spiro atoms. The number of allylic oxidation sites excluding steroid dienone is 1. The zero-order valence-corrected chi connectivity index (χ0v) is 11.1. The standard InChI is InChI=1S/C15H21NO2/c1-3-18-15(17)9-4-12(2)14-7-5-13(6-8-14)10-11-16/h4-8H,3,9-11,16H2,1-2H3/b12-4-. The quantitative estimate of drug-likeness (QED) is 0.786. The van der Waals surface area contributed by atoms with Crippen LogP contribution in [0.3, 0.4) is 0 Å². The molecular formula is C15H21NO2. The fraction of sp³-hybridized carbons (Fsp3) is 0.400. The molecule has 0 amide bonds. The monoisotopic (exact) mass is 247 g/mol. The van der Waals surface area contributed by atoms with Gasteiger partial charge >= 0.3 is 5.97 Å². The number of carbonyl (C=O) groups is 1. The summed E-state index contributed by atoms with van der Waals surface area (Å²) in [5.74, 6) is -0.184. The van der Waals surface area contributed by atoms with Crippen LogP contribution in [-0.4, -0.2) is 19.1 Å². The van der Waals surface area contributed by atoms with Crippen LogP contribution in [0.25, 0.3) is 5.57 Å². The molecule has 1 rings (SSSR count). The molecule has 0 unspecified atom stereocenters. The Bertz CT molecular complexity index is 407. The largest absolute Gasteiger partial charge is 0.466 e. The summed E-state index contributed by atoms with van der Waals surface area (Å²) in [7, 11) is 0. The van der Waals surface area contributed by atoms with Gasteiger partial charge in [-0.25, -0.2) is 0 Å². The Morgan fingerprint density at radius 1 is 1.33 bits per heavy atom. The summed E-state index contributed by atoms with van der Waals surface area (Å²) in [5, 5.41) is 0. The van der Waals surface area contributed by atoms with Gasteiger partial charge in [-0.05, 0) is 43.5 Å². The number of hydrogen-bond donors (Lipinski definition) is 1. The predicted molar refractivity (Wildman–Crippen MR) is 74.1 cm³/mol. The molecule has 98 valence electrons. The van der Waals surface area contributed by atoms with Gasteiger partial charge in [0, 0.05) is 0 Å². The van der Waals surface area contributed by atoms with Crippen molar-refractivity contribution in [2.45, 2.75) is 26.7 Å². The highest BCUT2D eigenvalue weighted by Gasteiger charge is 2.00. The van der Waals surface area contributed by atoms with Gasteiger partial charge in [0.05, 0.1) is 13.0 Å². The first kappa shape index (κ1) is 14.5. The smallest absolute Gasteiger partial charge is 0.309 e. The molecule has 0 aliphatic heterocycles. The van der Waals surface area contributed by atoms with E-state index >= 15 is 0 Å². The van der Waals surface area contributed by atoms with E-state index in [9.17, 15) is 4.79 Å². The molecule has 0 fully saturated rings. The molecule has 3 heteroatoms. The predicted octanol–water partition coefficient (Wildman–Crippen LogP) is 2.54. The molecule has 1 aromatic rings. The van der Waals surface area contributed by atoms with Crippen LogP contribution in [0.2, 0.25) is 0 Å². The van der Waals surface area contributed by atoms with Gasteiger partial charge in [-0.1, -0.05) is 30.3 Å². The molecule has 3 nitrogen and oxygen atoms in total. The van der Waals surface area contributed by atoms with Gasteiger partial charge in [-0.2, -0.15) is 0 Å². The molecule has 2 N–H and O–H groups in total. The number of esters is 1. The zero-order chi connectivity index (χ0) is 13.4. The van der Waals surface area contributed by atoms with E-state index in [4.69, 9.17) is 10.5 Å². The van der Waals surface area contributed by atoms with E-state index in [1.165, 1.54) is 5.56 Å². The second kappa shape index (κ2) is 7.67. The number of nitrogens with two attached hydrogens (primary N) is 1. The van der Waals surface area contributed by atoms with Crippen LogP contribution in [0.4, 0.5) is 0 Å². The molecule has 0 bridgehead atoms. The van der Waals surface area contributed by atoms with Crippen LogP contribution < -0.4 is 5.73 Å². The molecule has 18 heavy (non-hydrogen) atoms. The average Bonchev–Trinajstić information content (AvgIpc) is 2.37. The van der Waals surface area contributed by atoms with Crippen LogP contribution in [0.15, 0.2) is 30.3 Å². The number of hydrogen-bond acceptors (Lipinski definition) is 3. The van der Waals surface area contributed by atoms with Crippen molar-refractivity contribution in [3.8, 4) is 0 Å². The minimum absolute atomic E-state index is 0.184. The lowest BCUT2D eigenvalue weighted by atomic mass is 10.0. The minimum Gasteiger partial charge on any atom is -0.466 e. The lowest BCUT2D eigenvalue weighted by molar-refractivity contribution is -0.142. The van der Waals surface area contributed by atoms with Gasteiger partial charge in [-0.3, -0.25) is 4.79 Å². The van der Waals surface area contributed by atoms with Gasteiger partial charge in [0.2, 0.25) is 0 Å². The molecule has 0 saturated carbocycles. The topological polar surface area (TPSA) is 52.3 Å². The van der Waals surface area contributed by atoms with Gasteiger partial charge in [0.1, 0.15) is 0 Å². The third-order valence-electron chi connectivity index (χ3n) is 2.72. The molecule has 0 aliphatic rings. The van der Waals surface area contributed by atoms with E-state index in [-0.39, 0.29) is 5.97 Å². The molecule has 0 aromatic heterocycles. The van der Waals surface area contributed by atoms with Crippen LogP contribution in [0.5, 0.6) is 0 Å². The van der Waals surface area contributed by atoms with E-state index in [0.29, 0.717) is 19.6 Å². The average molecular weight is 247 g/mol. The van der Waals surface area contributed by atoms with E-state index in [1.54, 1.807) is 0 Å². The van der Waals surface area contributed by atoms with Crippen molar-refractivity contribution in [2.75, 3.05) is 13.2 Å². The van der Waals surface area contributed by atoms with Gasteiger partial charge in [0.15, 0.2) is 0 Å². The van der Waals surface area contributed by atoms with Gasteiger partial charge in [0.25, 0.3) is 0 Å². The van der Waals surface area contributed by atoms with E-state index in [0.717, 1.165) is 17.6 Å².